The molecule has 4 heteroatoms. The molecule has 0 bridgehead atoms. The largest absolute Gasteiger partial charge is 0.379 e. The Morgan fingerprint density at radius 1 is 1.04 bits per heavy atom. The van der Waals surface area contributed by atoms with E-state index >= 15 is 0 Å². The molecule has 4 rings (SSSR count). The van der Waals surface area contributed by atoms with E-state index in [-0.39, 0.29) is 0 Å². The number of piperidine rings is 1. The number of rotatable bonds is 5. The predicted octanol–water partition coefficient (Wildman–Crippen LogP) is 3.42. The van der Waals surface area contributed by atoms with Crippen molar-refractivity contribution < 1.29 is 4.74 Å². The molecule has 1 aliphatic carbocycles. The first-order valence-electron chi connectivity index (χ1n) is 9.52. The lowest BCUT2D eigenvalue weighted by atomic mass is 9.92. The number of benzene rings is 1. The lowest BCUT2D eigenvalue weighted by molar-refractivity contribution is 0.0223. The minimum atomic E-state index is 0.408. The first-order chi connectivity index (χ1) is 11.7. The average Bonchev–Trinajstić information content (AvgIpc) is 3.37. The fourth-order valence-electron chi connectivity index (χ4n) is 4.51. The van der Waals surface area contributed by atoms with Crippen LogP contribution >= 0.6 is 11.6 Å². The van der Waals surface area contributed by atoms with Gasteiger partial charge in [0, 0.05) is 43.2 Å². The van der Waals surface area contributed by atoms with E-state index < -0.39 is 0 Å². The molecule has 0 amide bonds. The van der Waals surface area contributed by atoms with Crippen LogP contribution in [0.4, 0.5) is 0 Å². The van der Waals surface area contributed by atoms with Crippen LogP contribution in [-0.4, -0.2) is 62.3 Å². The van der Waals surface area contributed by atoms with Crippen molar-refractivity contribution in [2.75, 3.05) is 52.5 Å². The van der Waals surface area contributed by atoms with Crippen molar-refractivity contribution in [3.8, 4) is 0 Å². The summed E-state index contributed by atoms with van der Waals surface area (Å²) in [5.74, 6) is 0.831. The van der Waals surface area contributed by atoms with Gasteiger partial charge in [-0.2, -0.15) is 0 Å². The van der Waals surface area contributed by atoms with Crippen LogP contribution in [0.5, 0.6) is 0 Å². The van der Waals surface area contributed by atoms with Crippen molar-refractivity contribution in [2.24, 2.45) is 5.92 Å². The average molecular weight is 349 g/mol. The molecule has 1 saturated carbocycles. The number of morpholine rings is 1. The van der Waals surface area contributed by atoms with E-state index in [2.05, 4.69) is 21.9 Å². The molecular formula is C20H29ClN2O. The second kappa shape index (κ2) is 7.33. The number of ether oxygens (including phenoxy) is 1. The summed E-state index contributed by atoms with van der Waals surface area (Å²) in [6, 6.07) is 8.58. The quantitative estimate of drug-likeness (QED) is 0.811. The molecule has 1 aromatic rings. The van der Waals surface area contributed by atoms with Crippen LogP contribution in [-0.2, 0) is 10.2 Å². The van der Waals surface area contributed by atoms with Crippen molar-refractivity contribution in [3.63, 3.8) is 0 Å². The van der Waals surface area contributed by atoms with E-state index in [4.69, 9.17) is 16.3 Å². The number of hydrogen-bond acceptors (Lipinski definition) is 3. The summed E-state index contributed by atoms with van der Waals surface area (Å²) < 4.78 is 5.48. The maximum Gasteiger partial charge on any atom is 0.0594 e. The van der Waals surface area contributed by atoms with Gasteiger partial charge >= 0.3 is 0 Å². The Labute approximate surface area is 150 Å². The van der Waals surface area contributed by atoms with Gasteiger partial charge in [-0.1, -0.05) is 23.7 Å². The van der Waals surface area contributed by atoms with Gasteiger partial charge in [0.15, 0.2) is 0 Å². The van der Waals surface area contributed by atoms with Crippen LogP contribution in [0.1, 0.15) is 31.2 Å². The third kappa shape index (κ3) is 3.96. The van der Waals surface area contributed by atoms with E-state index in [1.54, 1.807) is 0 Å². The molecule has 0 spiro atoms. The molecule has 1 atom stereocenters. The Bertz CT molecular complexity index is 537. The molecule has 3 aliphatic rings. The zero-order valence-corrected chi connectivity index (χ0v) is 15.3. The van der Waals surface area contributed by atoms with E-state index in [9.17, 15) is 0 Å². The molecule has 3 nitrogen and oxygen atoms in total. The molecule has 1 unspecified atom stereocenters. The molecule has 24 heavy (non-hydrogen) atoms. The first kappa shape index (κ1) is 16.8. The lowest BCUT2D eigenvalue weighted by Gasteiger charge is -2.38. The van der Waals surface area contributed by atoms with Crippen molar-refractivity contribution >= 4 is 11.6 Å². The van der Waals surface area contributed by atoms with Crippen molar-refractivity contribution in [2.45, 2.75) is 31.1 Å². The Morgan fingerprint density at radius 3 is 2.50 bits per heavy atom. The summed E-state index contributed by atoms with van der Waals surface area (Å²) >= 11 is 6.06. The maximum atomic E-state index is 6.06. The van der Waals surface area contributed by atoms with E-state index in [1.807, 2.05) is 12.1 Å². The second-order valence-electron chi connectivity index (χ2n) is 7.94. The van der Waals surface area contributed by atoms with Gasteiger partial charge in [0.05, 0.1) is 13.2 Å². The third-order valence-corrected chi connectivity index (χ3v) is 6.31. The fourth-order valence-corrected chi connectivity index (χ4v) is 4.64. The Kier molecular flexibility index (Phi) is 5.14. The Hall–Kier alpha value is -0.610. The van der Waals surface area contributed by atoms with Crippen molar-refractivity contribution in [1.82, 2.24) is 9.80 Å². The van der Waals surface area contributed by atoms with E-state index in [0.717, 1.165) is 37.2 Å². The van der Waals surface area contributed by atoms with Gasteiger partial charge in [0.25, 0.3) is 0 Å². The third-order valence-electron chi connectivity index (χ3n) is 6.06. The summed E-state index contributed by atoms with van der Waals surface area (Å²) in [5.41, 5.74) is 1.90. The van der Waals surface area contributed by atoms with Gasteiger partial charge in [0.2, 0.25) is 0 Å². The van der Waals surface area contributed by atoms with Gasteiger partial charge < -0.3 is 9.64 Å². The highest BCUT2D eigenvalue weighted by Gasteiger charge is 2.45. The minimum absolute atomic E-state index is 0.408. The van der Waals surface area contributed by atoms with Gasteiger partial charge in [-0.3, -0.25) is 4.90 Å². The lowest BCUT2D eigenvalue weighted by Crippen LogP contribution is -2.46. The summed E-state index contributed by atoms with van der Waals surface area (Å²) in [5, 5.41) is 0.845. The molecular weight excluding hydrogens is 320 g/mol. The number of halogens is 1. The Morgan fingerprint density at radius 2 is 1.79 bits per heavy atom. The Balaban J connectivity index is 1.33. The van der Waals surface area contributed by atoms with Gasteiger partial charge in [-0.25, -0.2) is 0 Å². The van der Waals surface area contributed by atoms with Crippen LogP contribution in [0.15, 0.2) is 24.3 Å². The molecule has 3 fully saturated rings. The highest BCUT2D eigenvalue weighted by Crippen LogP contribution is 2.49. The number of hydrogen-bond donors (Lipinski definition) is 0. The van der Waals surface area contributed by atoms with Gasteiger partial charge in [-0.05, 0) is 55.8 Å². The standard InChI is InChI=1S/C20H29ClN2O/c21-19-5-3-18(4-6-19)20(7-8-20)16-23-9-1-2-17(15-23)14-22-10-12-24-13-11-22/h3-6,17H,1-2,7-16H2. The predicted molar refractivity (Wildman–Crippen MR) is 98.8 cm³/mol. The molecule has 2 saturated heterocycles. The van der Waals surface area contributed by atoms with Crippen molar-refractivity contribution in [3.05, 3.63) is 34.9 Å². The summed E-state index contributed by atoms with van der Waals surface area (Å²) in [7, 11) is 0. The molecule has 0 N–H and O–H groups in total. The molecule has 0 aromatic heterocycles. The molecule has 2 heterocycles. The zero-order valence-electron chi connectivity index (χ0n) is 14.6. The van der Waals surface area contributed by atoms with Crippen LogP contribution in [0.25, 0.3) is 0 Å². The monoisotopic (exact) mass is 348 g/mol. The summed E-state index contributed by atoms with van der Waals surface area (Å²) in [6.45, 7) is 9.09. The molecule has 2 aliphatic heterocycles. The SMILES string of the molecule is Clc1ccc(C2(CN3CCCC(CN4CCOCC4)C3)CC2)cc1. The summed E-state index contributed by atoms with van der Waals surface area (Å²) in [6.07, 6.45) is 5.41. The maximum absolute atomic E-state index is 6.06. The molecule has 0 radical (unpaired) electrons. The first-order valence-corrected chi connectivity index (χ1v) is 9.90. The highest BCUT2D eigenvalue weighted by molar-refractivity contribution is 6.30. The molecule has 1 aromatic carbocycles. The second-order valence-corrected chi connectivity index (χ2v) is 8.38. The van der Waals surface area contributed by atoms with Crippen LogP contribution in [0.2, 0.25) is 5.02 Å². The molecule has 132 valence electrons. The van der Waals surface area contributed by atoms with Gasteiger partial charge in [-0.15, -0.1) is 0 Å². The smallest absolute Gasteiger partial charge is 0.0594 e. The van der Waals surface area contributed by atoms with Gasteiger partial charge in [0.1, 0.15) is 0 Å². The van der Waals surface area contributed by atoms with E-state index in [1.165, 1.54) is 57.4 Å². The fraction of sp³-hybridized carbons (Fsp3) is 0.700. The highest BCUT2D eigenvalue weighted by atomic mass is 35.5. The number of nitrogens with zero attached hydrogens (tertiary/aromatic N) is 2. The number of likely N-dealkylation sites (tertiary alicyclic amines) is 1. The summed E-state index contributed by atoms with van der Waals surface area (Å²) in [4.78, 5) is 5.33. The topological polar surface area (TPSA) is 15.7 Å². The minimum Gasteiger partial charge on any atom is -0.379 e. The van der Waals surface area contributed by atoms with E-state index in [0.29, 0.717) is 5.41 Å². The van der Waals surface area contributed by atoms with Crippen LogP contribution < -0.4 is 0 Å². The van der Waals surface area contributed by atoms with Crippen LogP contribution in [0, 0.1) is 5.92 Å². The van der Waals surface area contributed by atoms with Crippen LogP contribution in [0.3, 0.4) is 0 Å². The normalized spacial score (nSPS) is 28.0. The van der Waals surface area contributed by atoms with Crippen molar-refractivity contribution in [1.29, 1.82) is 0 Å². The zero-order chi connectivity index (χ0) is 16.4.